The van der Waals surface area contributed by atoms with Gasteiger partial charge in [0.1, 0.15) is 24.4 Å². The first-order valence-corrected chi connectivity index (χ1v) is 29.4. The predicted octanol–water partition coefficient (Wildman–Crippen LogP) is 13.3. The number of unbranched alkanes of at least 4 members (excludes halogenated alkanes) is 30. The van der Waals surface area contributed by atoms with Gasteiger partial charge < -0.3 is 45.1 Å². The van der Waals surface area contributed by atoms with Gasteiger partial charge in [-0.2, -0.15) is 0 Å². The fraction of sp³-hybridized carbons (Fsp3) is 0.833. The van der Waals surface area contributed by atoms with Crippen molar-refractivity contribution in [2.75, 3.05) is 19.8 Å². The summed E-state index contributed by atoms with van der Waals surface area (Å²) in [5.41, 5.74) is 0. The number of esters is 1. The van der Waals surface area contributed by atoms with Crippen LogP contribution in [-0.4, -0.2) is 100 Å². The molecule has 1 aliphatic heterocycles. The zero-order chi connectivity index (χ0) is 51.7. The quantitative estimate of drug-likeness (QED) is 0.0195. The molecule has 0 radical (unpaired) electrons. The van der Waals surface area contributed by atoms with Gasteiger partial charge in [0.05, 0.1) is 32.0 Å². The Morgan fingerprint density at radius 2 is 0.915 bits per heavy atom. The second-order valence-corrected chi connectivity index (χ2v) is 20.3. The van der Waals surface area contributed by atoms with E-state index in [4.69, 9.17) is 14.2 Å². The Morgan fingerprint density at radius 3 is 1.39 bits per heavy atom. The van der Waals surface area contributed by atoms with Gasteiger partial charge in [-0.25, -0.2) is 0 Å². The molecular formula is C60H109NO10. The molecule has 11 heteroatoms. The van der Waals surface area contributed by atoms with Crippen molar-refractivity contribution >= 4 is 11.9 Å². The number of nitrogens with one attached hydrogen (secondary N) is 1. The third-order valence-electron chi connectivity index (χ3n) is 13.6. The highest BCUT2D eigenvalue weighted by molar-refractivity contribution is 5.76. The van der Waals surface area contributed by atoms with Crippen LogP contribution in [0.3, 0.4) is 0 Å². The molecule has 11 nitrogen and oxygen atoms in total. The van der Waals surface area contributed by atoms with E-state index in [1.54, 1.807) is 6.08 Å². The van der Waals surface area contributed by atoms with Crippen molar-refractivity contribution in [1.82, 2.24) is 5.32 Å². The lowest BCUT2D eigenvalue weighted by molar-refractivity contribution is -0.302. The molecule has 1 aliphatic rings. The Kier molecular flexibility index (Phi) is 46.7. The van der Waals surface area contributed by atoms with Gasteiger partial charge in [-0.05, 0) is 83.5 Å². The van der Waals surface area contributed by atoms with Gasteiger partial charge in [-0.15, -0.1) is 0 Å². The van der Waals surface area contributed by atoms with Crippen molar-refractivity contribution in [3.63, 3.8) is 0 Å². The minimum atomic E-state index is -1.59. The van der Waals surface area contributed by atoms with Crippen molar-refractivity contribution in [3.8, 4) is 0 Å². The minimum absolute atomic E-state index is 0.0206. The van der Waals surface area contributed by atoms with Gasteiger partial charge >= 0.3 is 5.97 Å². The van der Waals surface area contributed by atoms with Crippen LogP contribution < -0.4 is 5.32 Å². The number of aliphatic hydroxyl groups is 5. The van der Waals surface area contributed by atoms with Crippen LogP contribution in [0.5, 0.6) is 0 Å². The molecule has 7 atom stereocenters. The monoisotopic (exact) mass is 1000 g/mol. The fourth-order valence-electron chi connectivity index (χ4n) is 8.93. The summed E-state index contributed by atoms with van der Waals surface area (Å²) in [6, 6.07) is -0.844. The smallest absolute Gasteiger partial charge is 0.305 e. The maximum atomic E-state index is 13.0. The molecule has 0 spiro atoms. The molecule has 71 heavy (non-hydrogen) atoms. The lowest BCUT2D eigenvalue weighted by atomic mass is 9.99. The van der Waals surface area contributed by atoms with Crippen LogP contribution in [0.4, 0.5) is 0 Å². The summed E-state index contributed by atoms with van der Waals surface area (Å²) in [7, 11) is 0. The molecule has 0 aromatic heterocycles. The molecule has 1 amide bonds. The molecule has 1 heterocycles. The molecule has 0 aromatic carbocycles. The van der Waals surface area contributed by atoms with E-state index in [0.717, 1.165) is 96.3 Å². The Labute approximate surface area is 434 Å². The predicted molar refractivity (Wildman–Crippen MR) is 292 cm³/mol. The van der Waals surface area contributed by atoms with Crippen molar-refractivity contribution in [2.24, 2.45) is 0 Å². The molecule has 1 saturated heterocycles. The summed E-state index contributed by atoms with van der Waals surface area (Å²) in [5.74, 6) is -0.229. The van der Waals surface area contributed by atoms with Gasteiger partial charge in [0, 0.05) is 12.8 Å². The van der Waals surface area contributed by atoms with Gasteiger partial charge in [0.2, 0.25) is 5.91 Å². The van der Waals surface area contributed by atoms with Crippen LogP contribution in [-0.2, 0) is 23.8 Å². The van der Waals surface area contributed by atoms with E-state index in [0.29, 0.717) is 19.4 Å². The summed E-state index contributed by atoms with van der Waals surface area (Å²) < 4.78 is 16.7. The number of allylic oxidation sites excluding steroid dienone is 7. The van der Waals surface area contributed by atoms with E-state index < -0.39 is 49.5 Å². The van der Waals surface area contributed by atoms with E-state index in [9.17, 15) is 35.1 Å². The average Bonchev–Trinajstić information content (AvgIpc) is 3.37. The molecule has 414 valence electrons. The number of amides is 1. The van der Waals surface area contributed by atoms with Gasteiger partial charge in [0.15, 0.2) is 6.29 Å². The van der Waals surface area contributed by atoms with Crippen LogP contribution in [0.1, 0.15) is 258 Å². The lowest BCUT2D eigenvalue weighted by Gasteiger charge is -2.40. The first kappa shape index (κ1) is 66.6. The molecule has 0 aromatic rings. The van der Waals surface area contributed by atoms with E-state index in [2.05, 4.69) is 55.6 Å². The second kappa shape index (κ2) is 49.8. The van der Waals surface area contributed by atoms with Crippen molar-refractivity contribution in [2.45, 2.75) is 301 Å². The number of rotatable bonds is 50. The SMILES string of the molecule is CCCCCCC/C=C/CC/C=C/CC/C=C/C(O)C(COC1OC(CO)C(O)C(O)C1O)NC(=O)CCCCCCCCC/C=C\CCCCCCCCOC(=O)CCCCCCCCCCCCC. The first-order valence-electron chi connectivity index (χ1n) is 29.4. The van der Waals surface area contributed by atoms with Crippen molar-refractivity contribution < 1.29 is 49.3 Å². The number of carbonyl (C=O) groups excluding carboxylic acids is 2. The highest BCUT2D eigenvalue weighted by atomic mass is 16.7. The second-order valence-electron chi connectivity index (χ2n) is 20.3. The highest BCUT2D eigenvalue weighted by Crippen LogP contribution is 2.23. The Hall–Kier alpha value is -2.38. The maximum absolute atomic E-state index is 13.0. The van der Waals surface area contributed by atoms with Crippen LogP contribution in [0.2, 0.25) is 0 Å². The molecule has 0 aliphatic carbocycles. The Morgan fingerprint density at radius 1 is 0.507 bits per heavy atom. The largest absolute Gasteiger partial charge is 0.466 e. The summed E-state index contributed by atoms with van der Waals surface area (Å²) in [6.07, 6.45) is 51.9. The molecule has 0 saturated carbocycles. The van der Waals surface area contributed by atoms with Crippen molar-refractivity contribution in [3.05, 3.63) is 48.6 Å². The topological polar surface area (TPSA) is 175 Å². The summed E-state index contributed by atoms with van der Waals surface area (Å²) >= 11 is 0. The summed E-state index contributed by atoms with van der Waals surface area (Å²) in [5, 5.41) is 54.4. The Balaban J connectivity index is 2.17. The number of hydrogen-bond acceptors (Lipinski definition) is 10. The standard InChI is InChI=1S/C60H109NO10/c1-3-5-7-9-11-13-15-16-20-23-27-30-34-38-42-46-53(63)52(51-70-60-59(68)58(67)57(66)54(50-62)71-60)61-55(64)47-43-39-35-31-28-24-21-18-17-19-22-25-29-33-37-41-45-49-69-56(65)48-44-40-36-32-26-14-12-10-8-6-4-2/h15-17,19,27,30,42,46,52-54,57-60,62-63,66-68H,3-14,18,20-26,28-29,31-41,43-45,47-51H2,1-2H3,(H,61,64)/b16-15+,19-17-,30-27+,46-42+. The number of carbonyl (C=O) groups is 2. The van der Waals surface area contributed by atoms with Crippen LogP contribution in [0.25, 0.3) is 0 Å². The van der Waals surface area contributed by atoms with E-state index in [1.165, 1.54) is 135 Å². The third kappa shape index (κ3) is 39.7. The zero-order valence-electron chi connectivity index (χ0n) is 45.4. The Bertz CT molecular complexity index is 1320. The van der Waals surface area contributed by atoms with Gasteiger partial charge in [0.25, 0.3) is 0 Å². The number of hydrogen-bond donors (Lipinski definition) is 6. The normalized spacial score (nSPS) is 19.5. The van der Waals surface area contributed by atoms with Gasteiger partial charge in [-0.1, -0.05) is 210 Å². The average molecular weight is 1000 g/mol. The molecule has 7 unspecified atom stereocenters. The first-order chi connectivity index (χ1) is 34.7. The number of ether oxygens (including phenoxy) is 3. The lowest BCUT2D eigenvalue weighted by Crippen LogP contribution is -2.60. The molecule has 6 N–H and O–H groups in total. The highest BCUT2D eigenvalue weighted by Gasteiger charge is 2.44. The fourth-order valence-corrected chi connectivity index (χ4v) is 8.93. The molecule has 1 rings (SSSR count). The van der Waals surface area contributed by atoms with Crippen molar-refractivity contribution in [1.29, 1.82) is 0 Å². The molecular weight excluding hydrogens is 895 g/mol. The third-order valence-corrected chi connectivity index (χ3v) is 13.6. The van der Waals surface area contributed by atoms with Gasteiger partial charge in [-0.3, -0.25) is 9.59 Å². The minimum Gasteiger partial charge on any atom is -0.466 e. The molecule has 1 fully saturated rings. The van der Waals surface area contributed by atoms with Crippen LogP contribution in [0.15, 0.2) is 48.6 Å². The zero-order valence-corrected chi connectivity index (χ0v) is 45.4. The van der Waals surface area contributed by atoms with E-state index >= 15 is 0 Å². The maximum Gasteiger partial charge on any atom is 0.305 e. The summed E-state index contributed by atoms with van der Waals surface area (Å²) in [4.78, 5) is 25.1. The molecule has 0 bridgehead atoms. The van der Waals surface area contributed by atoms with E-state index in [-0.39, 0.29) is 18.5 Å². The van der Waals surface area contributed by atoms with Crippen LogP contribution >= 0.6 is 0 Å². The van der Waals surface area contributed by atoms with E-state index in [1.807, 2.05) is 6.08 Å². The summed E-state index contributed by atoms with van der Waals surface area (Å²) in [6.45, 7) is 4.27. The number of aliphatic hydroxyl groups excluding tert-OH is 5. The van der Waals surface area contributed by atoms with Crippen LogP contribution in [0, 0.1) is 0 Å².